The highest BCUT2D eigenvalue weighted by Gasteiger charge is 2.08. The molecular weight excluding hydrogens is 224 g/mol. The van der Waals surface area contributed by atoms with E-state index in [-0.39, 0.29) is 11.8 Å². The van der Waals surface area contributed by atoms with E-state index in [4.69, 9.17) is 0 Å². The topological polar surface area (TPSA) is 32.3 Å². The van der Waals surface area contributed by atoms with Crippen LogP contribution in [0.1, 0.15) is 58.8 Å². The van der Waals surface area contributed by atoms with Gasteiger partial charge in [0.1, 0.15) is 0 Å². The number of rotatable bonds is 8. The SMILES string of the molecule is CC(C)C(=O)NCCCCCCN1CCCCC1. The molecule has 0 bridgehead atoms. The molecule has 1 rings (SSSR count). The van der Waals surface area contributed by atoms with E-state index >= 15 is 0 Å². The van der Waals surface area contributed by atoms with Gasteiger partial charge in [-0.15, -0.1) is 0 Å². The van der Waals surface area contributed by atoms with Crippen molar-refractivity contribution in [2.75, 3.05) is 26.2 Å². The Morgan fingerprint density at radius 3 is 2.39 bits per heavy atom. The van der Waals surface area contributed by atoms with Gasteiger partial charge < -0.3 is 10.2 Å². The Hall–Kier alpha value is -0.570. The molecule has 1 amide bonds. The van der Waals surface area contributed by atoms with Gasteiger partial charge in [-0.3, -0.25) is 4.79 Å². The molecule has 0 radical (unpaired) electrons. The number of unbranched alkanes of at least 4 members (excludes halogenated alkanes) is 3. The standard InChI is InChI=1S/C15H30N2O/c1-14(2)15(18)16-10-6-3-4-7-11-17-12-8-5-9-13-17/h14H,3-13H2,1-2H3,(H,16,18). The Kier molecular flexibility index (Phi) is 8.06. The van der Waals surface area contributed by atoms with Gasteiger partial charge in [-0.2, -0.15) is 0 Å². The molecule has 0 aromatic rings. The van der Waals surface area contributed by atoms with Gasteiger partial charge in [0.05, 0.1) is 0 Å². The summed E-state index contributed by atoms with van der Waals surface area (Å²) >= 11 is 0. The number of piperidine rings is 1. The Labute approximate surface area is 112 Å². The first-order chi connectivity index (χ1) is 8.70. The molecular formula is C15H30N2O. The van der Waals surface area contributed by atoms with Crippen molar-refractivity contribution in [3.05, 3.63) is 0 Å². The molecule has 1 N–H and O–H groups in total. The van der Waals surface area contributed by atoms with Gasteiger partial charge in [-0.1, -0.05) is 33.1 Å². The molecule has 1 aliphatic heterocycles. The van der Waals surface area contributed by atoms with Crippen molar-refractivity contribution in [1.29, 1.82) is 0 Å². The highest BCUT2D eigenvalue weighted by Crippen LogP contribution is 2.10. The number of nitrogens with one attached hydrogen (secondary N) is 1. The van der Waals surface area contributed by atoms with Gasteiger partial charge in [0.2, 0.25) is 5.91 Å². The van der Waals surface area contributed by atoms with Crippen molar-refractivity contribution >= 4 is 5.91 Å². The fraction of sp³-hybridized carbons (Fsp3) is 0.933. The van der Waals surface area contributed by atoms with Gasteiger partial charge in [-0.05, 0) is 45.3 Å². The fourth-order valence-corrected chi connectivity index (χ4v) is 2.41. The average molecular weight is 254 g/mol. The third kappa shape index (κ3) is 7.00. The summed E-state index contributed by atoms with van der Waals surface area (Å²) in [5.41, 5.74) is 0. The lowest BCUT2D eigenvalue weighted by molar-refractivity contribution is -0.123. The predicted molar refractivity (Wildman–Crippen MR) is 76.6 cm³/mol. The van der Waals surface area contributed by atoms with E-state index in [1.807, 2.05) is 13.8 Å². The average Bonchev–Trinajstić information content (AvgIpc) is 2.38. The van der Waals surface area contributed by atoms with Gasteiger partial charge in [0.15, 0.2) is 0 Å². The maximum Gasteiger partial charge on any atom is 0.222 e. The summed E-state index contributed by atoms with van der Waals surface area (Å²) in [5, 5.41) is 2.97. The molecule has 18 heavy (non-hydrogen) atoms. The monoisotopic (exact) mass is 254 g/mol. The molecule has 3 nitrogen and oxygen atoms in total. The second-order valence-electron chi connectivity index (χ2n) is 5.76. The number of hydrogen-bond acceptors (Lipinski definition) is 2. The molecule has 0 spiro atoms. The first kappa shape index (κ1) is 15.5. The summed E-state index contributed by atoms with van der Waals surface area (Å²) < 4.78 is 0. The number of amides is 1. The maximum atomic E-state index is 11.3. The Bertz CT molecular complexity index is 223. The molecule has 0 saturated carbocycles. The summed E-state index contributed by atoms with van der Waals surface area (Å²) in [4.78, 5) is 13.9. The van der Waals surface area contributed by atoms with Crippen molar-refractivity contribution in [3.63, 3.8) is 0 Å². The summed E-state index contributed by atoms with van der Waals surface area (Å²) in [7, 11) is 0. The van der Waals surface area contributed by atoms with Crippen molar-refractivity contribution in [1.82, 2.24) is 10.2 Å². The molecule has 0 unspecified atom stereocenters. The van der Waals surface area contributed by atoms with Gasteiger partial charge in [0.25, 0.3) is 0 Å². The molecule has 0 aromatic carbocycles. The Morgan fingerprint density at radius 1 is 1.06 bits per heavy atom. The molecule has 106 valence electrons. The minimum absolute atomic E-state index is 0.115. The molecule has 3 heteroatoms. The molecule has 0 aromatic heterocycles. The largest absolute Gasteiger partial charge is 0.356 e. The van der Waals surface area contributed by atoms with E-state index < -0.39 is 0 Å². The van der Waals surface area contributed by atoms with Crippen LogP contribution in [0.4, 0.5) is 0 Å². The lowest BCUT2D eigenvalue weighted by Crippen LogP contribution is -2.30. The van der Waals surface area contributed by atoms with E-state index in [1.54, 1.807) is 0 Å². The zero-order valence-electron chi connectivity index (χ0n) is 12.2. The molecule has 1 heterocycles. The van der Waals surface area contributed by atoms with Crippen molar-refractivity contribution in [3.8, 4) is 0 Å². The smallest absolute Gasteiger partial charge is 0.222 e. The van der Waals surface area contributed by atoms with Crippen LogP contribution in [0.5, 0.6) is 0 Å². The van der Waals surface area contributed by atoms with E-state index in [0.29, 0.717) is 0 Å². The minimum Gasteiger partial charge on any atom is -0.356 e. The van der Waals surface area contributed by atoms with Crippen LogP contribution in [-0.2, 0) is 4.79 Å². The minimum atomic E-state index is 0.115. The Morgan fingerprint density at radius 2 is 1.72 bits per heavy atom. The summed E-state index contributed by atoms with van der Waals surface area (Å²) in [6.07, 6.45) is 9.19. The lowest BCUT2D eigenvalue weighted by Gasteiger charge is -2.26. The normalized spacial score (nSPS) is 17.1. The van der Waals surface area contributed by atoms with Crippen LogP contribution in [0, 0.1) is 5.92 Å². The number of likely N-dealkylation sites (tertiary alicyclic amines) is 1. The second-order valence-corrected chi connectivity index (χ2v) is 5.76. The van der Waals surface area contributed by atoms with Gasteiger partial charge in [0, 0.05) is 12.5 Å². The molecule has 0 aliphatic carbocycles. The van der Waals surface area contributed by atoms with Crippen LogP contribution in [0.15, 0.2) is 0 Å². The summed E-state index contributed by atoms with van der Waals surface area (Å²) in [6.45, 7) is 8.62. The maximum absolute atomic E-state index is 11.3. The van der Waals surface area contributed by atoms with E-state index in [1.165, 1.54) is 58.2 Å². The Balaban J connectivity index is 1.85. The highest BCUT2D eigenvalue weighted by molar-refractivity contribution is 5.77. The summed E-state index contributed by atoms with van der Waals surface area (Å²) in [6, 6.07) is 0. The molecule has 0 atom stereocenters. The highest BCUT2D eigenvalue weighted by atomic mass is 16.1. The number of carbonyl (C=O) groups is 1. The zero-order valence-corrected chi connectivity index (χ0v) is 12.2. The molecule has 1 fully saturated rings. The summed E-state index contributed by atoms with van der Waals surface area (Å²) in [5.74, 6) is 0.299. The lowest BCUT2D eigenvalue weighted by atomic mass is 10.1. The number of nitrogens with zero attached hydrogens (tertiary/aromatic N) is 1. The molecule has 1 saturated heterocycles. The first-order valence-electron chi connectivity index (χ1n) is 7.70. The van der Waals surface area contributed by atoms with E-state index in [9.17, 15) is 4.79 Å². The first-order valence-corrected chi connectivity index (χ1v) is 7.70. The van der Waals surface area contributed by atoms with Crippen molar-refractivity contribution in [2.45, 2.75) is 58.8 Å². The quantitative estimate of drug-likeness (QED) is 0.676. The number of hydrogen-bond donors (Lipinski definition) is 1. The van der Waals surface area contributed by atoms with E-state index in [2.05, 4.69) is 10.2 Å². The van der Waals surface area contributed by atoms with Gasteiger partial charge in [-0.25, -0.2) is 0 Å². The van der Waals surface area contributed by atoms with Crippen LogP contribution in [-0.4, -0.2) is 37.0 Å². The predicted octanol–water partition coefficient (Wildman–Crippen LogP) is 2.80. The van der Waals surface area contributed by atoms with Gasteiger partial charge >= 0.3 is 0 Å². The van der Waals surface area contributed by atoms with Crippen LogP contribution in [0.2, 0.25) is 0 Å². The van der Waals surface area contributed by atoms with Crippen LogP contribution < -0.4 is 5.32 Å². The zero-order chi connectivity index (χ0) is 13.2. The van der Waals surface area contributed by atoms with Crippen LogP contribution in [0.3, 0.4) is 0 Å². The van der Waals surface area contributed by atoms with Crippen LogP contribution in [0.25, 0.3) is 0 Å². The third-order valence-electron chi connectivity index (χ3n) is 3.67. The van der Waals surface area contributed by atoms with Crippen molar-refractivity contribution < 1.29 is 4.79 Å². The molecule has 1 aliphatic rings. The van der Waals surface area contributed by atoms with Crippen LogP contribution >= 0.6 is 0 Å². The second kappa shape index (κ2) is 9.37. The van der Waals surface area contributed by atoms with E-state index in [0.717, 1.165) is 13.0 Å². The third-order valence-corrected chi connectivity index (χ3v) is 3.67. The number of carbonyl (C=O) groups excluding carboxylic acids is 1. The van der Waals surface area contributed by atoms with Crippen molar-refractivity contribution in [2.24, 2.45) is 5.92 Å². The fourth-order valence-electron chi connectivity index (χ4n) is 2.41.